The molecule has 0 saturated carbocycles. The summed E-state index contributed by atoms with van der Waals surface area (Å²) in [6.45, 7) is 1.45. The molecule has 0 atom stereocenters. The third kappa shape index (κ3) is 1.88. The van der Waals surface area contributed by atoms with Crippen molar-refractivity contribution in [1.82, 2.24) is 9.88 Å². The molecule has 1 aliphatic heterocycles. The van der Waals surface area contributed by atoms with Gasteiger partial charge in [-0.1, -0.05) is 0 Å². The van der Waals surface area contributed by atoms with Crippen molar-refractivity contribution >= 4 is 10.9 Å². The number of hydrogen-bond acceptors (Lipinski definition) is 1. The van der Waals surface area contributed by atoms with E-state index in [-0.39, 0.29) is 18.4 Å². The molecule has 0 bridgehead atoms. The van der Waals surface area contributed by atoms with Gasteiger partial charge in [0.05, 0.1) is 5.52 Å². The van der Waals surface area contributed by atoms with Crippen molar-refractivity contribution in [3.05, 3.63) is 35.5 Å². The highest BCUT2D eigenvalue weighted by atomic mass is 19.1. The van der Waals surface area contributed by atoms with Crippen molar-refractivity contribution in [2.24, 2.45) is 0 Å². The number of hydrogen-bond donors (Lipinski definition) is 1. The molecular weight excluding hydrogens is 241 g/mol. The Balaban J connectivity index is 1.92. The van der Waals surface area contributed by atoms with Crippen molar-refractivity contribution in [2.75, 3.05) is 26.3 Å². The zero-order chi connectivity index (χ0) is 12.7. The molecule has 3 rings (SSSR count). The molecular formula is C13H13F3N2. The molecule has 1 fully saturated rings. The van der Waals surface area contributed by atoms with Gasteiger partial charge in [-0.05, 0) is 17.7 Å². The predicted octanol–water partition coefficient (Wildman–Crippen LogP) is 2.81. The van der Waals surface area contributed by atoms with Gasteiger partial charge < -0.3 is 4.98 Å². The number of halogens is 3. The summed E-state index contributed by atoms with van der Waals surface area (Å²) in [6.07, 6.45) is 0. The summed E-state index contributed by atoms with van der Waals surface area (Å²) in [5.74, 6) is -0.676. The largest absolute Gasteiger partial charge is 0.331 e. The van der Waals surface area contributed by atoms with Gasteiger partial charge in [-0.25, -0.2) is 8.78 Å². The molecule has 2 heterocycles. The Morgan fingerprint density at radius 3 is 2.72 bits per heavy atom. The Bertz CT molecular complexity index is 573. The zero-order valence-corrected chi connectivity index (χ0v) is 9.72. The number of fused-ring (bicyclic) bond motifs is 1. The number of benzene rings is 1. The summed E-state index contributed by atoms with van der Waals surface area (Å²) < 4.78 is 38.8. The number of nitrogens with one attached hydrogen (secondary N) is 1. The monoisotopic (exact) mass is 254 g/mol. The van der Waals surface area contributed by atoms with Crippen LogP contribution in [0, 0.1) is 11.8 Å². The molecule has 2 nitrogen and oxygen atoms in total. The fourth-order valence-electron chi connectivity index (χ4n) is 2.60. The molecule has 1 aliphatic rings. The summed E-state index contributed by atoms with van der Waals surface area (Å²) in [5.41, 5.74) is 1.28. The van der Waals surface area contributed by atoms with E-state index in [9.17, 15) is 13.2 Å². The van der Waals surface area contributed by atoms with E-state index in [1.165, 1.54) is 18.2 Å². The van der Waals surface area contributed by atoms with Crippen LogP contribution in [0.4, 0.5) is 13.2 Å². The number of aromatic amines is 1. The molecule has 0 spiro atoms. The molecule has 96 valence electrons. The van der Waals surface area contributed by atoms with Gasteiger partial charge in [-0.3, -0.25) is 4.90 Å². The second kappa shape index (κ2) is 4.31. The summed E-state index contributed by atoms with van der Waals surface area (Å²) in [5, 5.41) is 0.721. The Morgan fingerprint density at radius 1 is 1.22 bits per heavy atom. The second-order valence-electron chi connectivity index (χ2n) is 4.72. The molecule has 1 N–H and O–H groups in total. The highest BCUT2D eigenvalue weighted by molar-refractivity contribution is 5.84. The highest BCUT2D eigenvalue weighted by Crippen LogP contribution is 2.33. The Kier molecular flexibility index (Phi) is 2.78. The molecule has 5 heteroatoms. The minimum atomic E-state index is -0.461. The zero-order valence-electron chi connectivity index (χ0n) is 9.72. The van der Waals surface area contributed by atoms with E-state index >= 15 is 0 Å². The smallest absolute Gasteiger partial charge is 0.192 e. The van der Waals surface area contributed by atoms with Gasteiger partial charge in [0.1, 0.15) is 12.5 Å². The third-order valence-electron chi connectivity index (χ3n) is 3.50. The lowest BCUT2D eigenvalue weighted by Gasteiger charge is -2.39. The number of alkyl halides is 1. The maximum atomic E-state index is 13.5. The summed E-state index contributed by atoms with van der Waals surface area (Å²) in [7, 11) is 0. The average Bonchev–Trinajstić information content (AvgIpc) is 2.62. The van der Waals surface area contributed by atoms with Crippen LogP contribution in [0.5, 0.6) is 0 Å². The second-order valence-corrected chi connectivity index (χ2v) is 4.72. The first-order valence-corrected chi connectivity index (χ1v) is 5.93. The van der Waals surface area contributed by atoms with Gasteiger partial charge in [-0.2, -0.15) is 4.39 Å². The van der Waals surface area contributed by atoms with Crippen LogP contribution in [0.2, 0.25) is 0 Å². The summed E-state index contributed by atoms with van der Waals surface area (Å²) in [4.78, 5) is 4.46. The number of H-pyrrole nitrogens is 1. The number of nitrogens with zero attached hydrogens (tertiary/aromatic N) is 1. The summed E-state index contributed by atoms with van der Waals surface area (Å²) >= 11 is 0. The van der Waals surface area contributed by atoms with Gasteiger partial charge in [0.15, 0.2) is 5.95 Å². The van der Waals surface area contributed by atoms with Crippen molar-refractivity contribution in [2.45, 2.75) is 5.92 Å². The molecule has 0 amide bonds. The van der Waals surface area contributed by atoms with Gasteiger partial charge in [0, 0.05) is 37.0 Å². The summed E-state index contributed by atoms with van der Waals surface area (Å²) in [6, 6.07) is 4.13. The van der Waals surface area contributed by atoms with E-state index < -0.39 is 5.95 Å². The fraction of sp³-hybridized carbons (Fsp3) is 0.385. The van der Waals surface area contributed by atoms with Crippen LogP contribution in [-0.4, -0.2) is 36.2 Å². The molecule has 0 unspecified atom stereocenters. The van der Waals surface area contributed by atoms with Crippen LogP contribution in [0.25, 0.3) is 10.9 Å². The van der Waals surface area contributed by atoms with Crippen LogP contribution in [0.1, 0.15) is 11.5 Å². The first kappa shape index (κ1) is 11.6. The van der Waals surface area contributed by atoms with Crippen molar-refractivity contribution < 1.29 is 13.2 Å². The molecule has 2 aromatic rings. The topological polar surface area (TPSA) is 19.0 Å². The number of aromatic nitrogens is 1. The predicted molar refractivity (Wildman–Crippen MR) is 63.4 cm³/mol. The van der Waals surface area contributed by atoms with E-state index in [0.29, 0.717) is 25.2 Å². The normalized spacial score (nSPS) is 17.3. The molecule has 1 aromatic carbocycles. The van der Waals surface area contributed by atoms with Gasteiger partial charge >= 0.3 is 0 Å². The SMILES string of the molecule is FCCN1CC(c2cc(F)cc3[nH]c(F)cc23)C1. The molecule has 0 aliphatic carbocycles. The molecule has 18 heavy (non-hydrogen) atoms. The standard InChI is InChI=1S/C13H13F3N2/c14-1-2-18-6-8(7-18)10-3-9(15)4-12-11(10)5-13(16)17-12/h3-5,8,17H,1-2,6-7H2. The van der Waals surface area contributed by atoms with Crippen LogP contribution in [0.15, 0.2) is 18.2 Å². The lowest BCUT2D eigenvalue weighted by atomic mass is 9.89. The molecule has 1 aromatic heterocycles. The minimum Gasteiger partial charge on any atom is -0.331 e. The number of rotatable bonds is 3. The van der Waals surface area contributed by atoms with Crippen molar-refractivity contribution in [3.63, 3.8) is 0 Å². The van der Waals surface area contributed by atoms with Crippen molar-refractivity contribution in [1.29, 1.82) is 0 Å². The Morgan fingerprint density at radius 2 is 2.00 bits per heavy atom. The van der Waals surface area contributed by atoms with Crippen LogP contribution < -0.4 is 0 Å². The fourth-order valence-corrected chi connectivity index (χ4v) is 2.60. The first-order valence-electron chi connectivity index (χ1n) is 5.93. The van der Waals surface area contributed by atoms with E-state index in [1.807, 2.05) is 4.90 Å². The van der Waals surface area contributed by atoms with Gasteiger partial charge in [-0.15, -0.1) is 0 Å². The van der Waals surface area contributed by atoms with Crippen LogP contribution in [-0.2, 0) is 0 Å². The number of likely N-dealkylation sites (tertiary alicyclic amines) is 1. The van der Waals surface area contributed by atoms with E-state index in [2.05, 4.69) is 4.98 Å². The Labute approximate surface area is 102 Å². The quantitative estimate of drug-likeness (QED) is 0.892. The van der Waals surface area contributed by atoms with Gasteiger partial charge in [0.25, 0.3) is 0 Å². The van der Waals surface area contributed by atoms with E-state index in [1.54, 1.807) is 0 Å². The minimum absolute atomic E-state index is 0.157. The lowest BCUT2D eigenvalue weighted by Crippen LogP contribution is -2.45. The van der Waals surface area contributed by atoms with Crippen molar-refractivity contribution in [3.8, 4) is 0 Å². The van der Waals surface area contributed by atoms with Crippen LogP contribution in [0.3, 0.4) is 0 Å². The third-order valence-corrected chi connectivity index (χ3v) is 3.50. The average molecular weight is 254 g/mol. The molecule has 1 saturated heterocycles. The first-order chi connectivity index (χ1) is 8.67. The molecule has 0 radical (unpaired) electrons. The lowest BCUT2D eigenvalue weighted by molar-refractivity contribution is 0.138. The van der Waals surface area contributed by atoms with Gasteiger partial charge in [0.2, 0.25) is 0 Å². The van der Waals surface area contributed by atoms with E-state index in [4.69, 9.17) is 0 Å². The van der Waals surface area contributed by atoms with E-state index in [0.717, 1.165) is 10.9 Å². The maximum Gasteiger partial charge on any atom is 0.192 e. The highest BCUT2D eigenvalue weighted by Gasteiger charge is 2.29. The Hall–Kier alpha value is -1.49. The van der Waals surface area contributed by atoms with Crippen LogP contribution >= 0.6 is 0 Å². The maximum absolute atomic E-state index is 13.5.